The van der Waals surface area contributed by atoms with Crippen molar-refractivity contribution in [2.75, 3.05) is 0 Å². The zero-order valence-corrected chi connectivity index (χ0v) is 12.7. The molecule has 1 atom stereocenters. The van der Waals surface area contributed by atoms with Gasteiger partial charge in [-0.2, -0.15) is 0 Å². The summed E-state index contributed by atoms with van der Waals surface area (Å²) in [5.41, 5.74) is 2.71. The number of hydrogen-bond donors (Lipinski definition) is 0. The lowest BCUT2D eigenvalue weighted by Crippen LogP contribution is -1.97. The average Bonchev–Trinajstić information content (AvgIpc) is 2.38. The standard InChI is InChI=1S/C12H20.2C2H6.CH4/c1-6-9-12(10(4)7-2)11(5)8-3;2*1-2;/h6-7,9,11H,2,8H2,1,3-5H3;2*1-2H3;1H4/b9-6-,12-10+;;;. The Morgan fingerprint density at radius 3 is 1.82 bits per heavy atom. The average molecular weight is 240 g/mol. The van der Waals surface area contributed by atoms with Crippen LogP contribution in [0, 0.1) is 5.92 Å². The quantitative estimate of drug-likeness (QED) is 0.474. The number of allylic oxidation sites excluding steroid dienone is 5. The van der Waals surface area contributed by atoms with Crippen molar-refractivity contribution in [3.8, 4) is 0 Å². The minimum absolute atomic E-state index is 0. The first-order chi connectivity index (χ1) is 7.67. The lowest BCUT2D eigenvalue weighted by Gasteiger charge is -2.12. The van der Waals surface area contributed by atoms with Gasteiger partial charge in [0.1, 0.15) is 0 Å². The highest BCUT2D eigenvalue weighted by Gasteiger charge is 2.04. The maximum absolute atomic E-state index is 3.79. The summed E-state index contributed by atoms with van der Waals surface area (Å²) in [7, 11) is 0. The van der Waals surface area contributed by atoms with E-state index in [2.05, 4.69) is 46.4 Å². The van der Waals surface area contributed by atoms with E-state index in [-0.39, 0.29) is 7.43 Å². The molecule has 0 bridgehead atoms. The Hall–Kier alpha value is -0.780. The van der Waals surface area contributed by atoms with Crippen LogP contribution in [-0.4, -0.2) is 0 Å². The maximum Gasteiger partial charge on any atom is -0.0191 e. The van der Waals surface area contributed by atoms with Gasteiger partial charge in [-0.15, -0.1) is 0 Å². The first kappa shape index (κ1) is 25.2. The molecule has 0 aliphatic heterocycles. The van der Waals surface area contributed by atoms with Gasteiger partial charge in [-0.3, -0.25) is 0 Å². The second-order valence-corrected chi connectivity index (χ2v) is 3.15. The van der Waals surface area contributed by atoms with E-state index in [0.29, 0.717) is 5.92 Å². The fourth-order valence-electron chi connectivity index (χ4n) is 1.20. The first-order valence-corrected chi connectivity index (χ1v) is 6.63. The molecule has 104 valence electrons. The van der Waals surface area contributed by atoms with E-state index in [4.69, 9.17) is 0 Å². The predicted molar refractivity (Wildman–Crippen MR) is 86.6 cm³/mol. The minimum atomic E-state index is 0. The molecule has 0 aromatic rings. The van der Waals surface area contributed by atoms with Crippen LogP contribution in [0.2, 0.25) is 0 Å². The second kappa shape index (κ2) is 20.6. The van der Waals surface area contributed by atoms with Gasteiger partial charge < -0.3 is 0 Å². The smallest absolute Gasteiger partial charge is 0.0191 e. The van der Waals surface area contributed by atoms with Gasteiger partial charge in [0.25, 0.3) is 0 Å². The van der Waals surface area contributed by atoms with Crippen LogP contribution < -0.4 is 0 Å². The van der Waals surface area contributed by atoms with Crippen LogP contribution in [-0.2, 0) is 0 Å². The van der Waals surface area contributed by atoms with Crippen molar-refractivity contribution in [2.45, 2.75) is 69.2 Å². The molecule has 0 N–H and O–H groups in total. The molecule has 0 nitrogen and oxygen atoms in total. The molecule has 0 aliphatic carbocycles. The Balaban J connectivity index is -0.000000152. The Morgan fingerprint density at radius 1 is 1.18 bits per heavy atom. The van der Waals surface area contributed by atoms with E-state index >= 15 is 0 Å². The summed E-state index contributed by atoms with van der Waals surface area (Å²) >= 11 is 0. The molecule has 0 heteroatoms. The zero-order valence-electron chi connectivity index (χ0n) is 12.7. The summed E-state index contributed by atoms with van der Waals surface area (Å²) in [6.07, 6.45) is 7.39. The lowest BCUT2D eigenvalue weighted by molar-refractivity contribution is 0.665. The summed E-state index contributed by atoms with van der Waals surface area (Å²) < 4.78 is 0. The Labute approximate surface area is 112 Å². The highest BCUT2D eigenvalue weighted by atomic mass is 14.1. The van der Waals surface area contributed by atoms with Crippen LogP contribution in [0.25, 0.3) is 0 Å². The Morgan fingerprint density at radius 2 is 1.59 bits per heavy atom. The van der Waals surface area contributed by atoms with E-state index < -0.39 is 0 Å². The Kier molecular flexibility index (Phi) is 30.5. The summed E-state index contributed by atoms with van der Waals surface area (Å²) in [6, 6.07) is 0. The third-order valence-corrected chi connectivity index (χ3v) is 2.25. The van der Waals surface area contributed by atoms with Crippen molar-refractivity contribution in [2.24, 2.45) is 5.92 Å². The van der Waals surface area contributed by atoms with Crippen molar-refractivity contribution in [1.82, 2.24) is 0 Å². The molecule has 0 saturated carbocycles. The number of hydrogen-bond acceptors (Lipinski definition) is 0. The summed E-state index contributed by atoms with van der Waals surface area (Å²) in [5.74, 6) is 0.638. The molecule has 0 saturated heterocycles. The van der Waals surface area contributed by atoms with Crippen LogP contribution in [0.15, 0.2) is 36.0 Å². The molecule has 0 aromatic heterocycles. The van der Waals surface area contributed by atoms with Crippen molar-refractivity contribution in [1.29, 1.82) is 0 Å². The zero-order chi connectivity index (χ0) is 13.6. The topological polar surface area (TPSA) is 0 Å². The highest BCUT2D eigenvalue weighted by Crippen LogP contribution is 2.20. The largest absolute Gasteiger partial charge is 0.0988 e. The molecule has 0 spiro atoms. The molecule has 0 aliphatic rings. The molecule has 0 rings (SSSR count). The van der Waals surface area contributed by atoms with Gasteiger partial charge >= 0.3 is 0 Å². The van der Waals surface area contributed by atoms with E-state index in [0.717, 1.165) is 0 Å². The van der Waals surface area contributed by atoms with Gasteiger partial charge in [0.2, 0.25) is 0 Å². The van der Waals surface area contributed by atoms with E-state index in [1.807, 2.05) is 33.8 Å². The fourth-order valence-corrected chi connectivity index (χ4v) is 1.20. The molecular weight excluding hydrogens is 204 g/mol. The molecule has 1 unspecified atom stereocenters. The maximum atomic E-state index is 3.79. The molecule has 0 radical (unpaired) electrons. The van der Waals surface area contributed by atoms with Crippen LogP contribution in [0.4, 0.5) is 0 Å². The van der Waals surface area contributed by atoms with Gasteiger partial charge in [-0.25, -0.2) is 0 Å². The Bertz CT molecular complexity index is 194. The predicted octanol–water partition coefficient (Wildman–Crippen LogP) is 6.80. The summed E-state index contributed by atoms with van der Waals surface area (Å²) in [5, 5.41) is 0. The van der Waals surface area contributed by atoms with E-state index in [1.54, 1.807) is 0 Å². The highest BCUT2D eigenvalue weighted by molar-refractivity contribution is 5.32. The van der Waals surface area contributed by atoms with Crippen molar-refractivity contribution in [3.05, 3.63) is 36.0 Å². The van der Waals surface area contributed by atoms with E-state index in [9.17, 15) is 0 Å². The molecule has 0 aromatic carbocycles. The van der Waals surface area contributed by atoms with Gasteiger partial charge in [-0.1, -0.05) is 73.8 Å². The van der Waals surface area contributed by atoms with Crippen LogP contribution in [0.5, 0.6) is 0 Å². The van der Waals surface area contributed by atoms with Crippen molar-refractivity contribution >= 4 is 0 Å². The summed E-state index contributed by atoms with van der Waals surface area (Å²) in [6.45, 7) is 20.4. The molecular formula is C17H36. The number of rotatable bonds is 4. The lowest BCUT2D eigenvalue weighted by atomic mass is 9.94. The third kappa shape index (κ3) is 13.2. The normalized spacial score (nSPS) is 12.0. The summed E-state index contributed by atoms with van der Waals surface area (Å²) in [4.78, 5) is 0. The fraction of sp³-hybridized carbons (Fsp3) is 0.647. The molecule has 17 heavy (non-hydrogen) atoms. The first-order valence-electron chi connectivity index (χ1n) is 6.63. The molecule has 0 fully saturated rings. The van der Waals surface area contributed by atoms with Gasteiger partial charge in [0.15, 0.2) is 0 Å². The van der Waals surface area contributed by atoms with Crippen molar-refractivity contribution < 1.29 is 0 Å². The SMILES string of the molecule is C.C=C/C(C)=C(\C=C/C)C(C)CC.CC.CC. The third-order valence-electron chi connectivity index (χ3n) is 2.25. The van der Waals surface area contributed by atoms with Crippen LogP contribution in [0.1, 0.15) is 69.2 Å². The monoisotopic (exact) mass is 240 g/mol. The molecule has 0 amide bonds. The van der Waals surface area contributed by atoms with Gasteiger partial charge in [0.05, 0.1) is 0 Å². The van der Waals surface area contributed by atoms with E-state index in [1.165, 1.54) is 17.6 Å². The molecule has 0 heterocycles. The van der Waals surface area contributed by atoms with Crippen molar-refractivity contribution in [3.63, 3.8) is 0 Å². The minimum Gasteiger partial charge on any atom is -0.0988 e. The van der Waals surface area contributed by atoms with Crippen LogP contribution >= 0.6 is 0 Å². The van der Waals surface area contributed by atoms with Gasteiger partial charge in [0, 0.05) is 0 Å². The van der Waals surface area contributed by atoms with Gasteiger partial charge in [-0.05, 0) is 37.3 Å². The second-order valence-electron chi connectivity index (χ2n) is 3.15. The van der Waals surface area contributed by atoms with Crippen LogP contribution in [0.3, 0.4) is 0 Å².